The third-order valence-electron chi connectivity index (χ3n) is 5.07. The first-order valence-corrected chi connectivity index (χ1v) is 8.84. The average molecular weight is 330 g/mol. The Morgan fingerprint density at radius 3 is 2.71 bits per heavy atom. The second-order valence-electron chi connectivity index (χ2n) is 6.77. The number of benzene rings is 1. The lowest BCUT2D eigenvalue weighted by molar-refractivity contribution is -0.135. The first-order valence-electron chi connectivity index (χ1n) is 8.84. The lowest BCUT2D eigenvalue weighted by Gasteiger charge is -2.33. The largest absolute Gasteiger partial charge is 0.497 e. The highest BCUT2D eigenvalue weighted by Gasteiger charge is 2.46. The van der Waals surface area contributed by atoms with Crippen molar-refractivity contribution in [2.24, 2.45) is 5.92 Å². The second kappa shape index (κ2) is 7.24. The standard InChI is InChI=1S/C19H26N2O3/c1-3-18(22)20-14-5-4-10-21(12-14)19(23)17-11-16(17)13-6-8-15(24-2)9-7-13/h6-9,14,16-17H,3-5,10-12H2,1-2H3,(H,20,22)/t14-,16+,17-/m1/s1. The number of methoxy groups -OCH3 is 1. The normalized spacial score (nSPS) is 25.9. The fraction of sp³-hybridized carbons (Fsp3) is 0.579. The van der Waals surface area contributed by atoms with Gasteiger partial charge in [-0.3, -0.25) is 9.59 Å². The van der Waals surface area contributed by atoms with Crippen molar-refractivity contribution < 1.29 is 14.3 Å². The Labute approximate surface area is 143 Å². The molecule has 0 radical (unpaired) electrons. The van der Waals surface area contributed by atoms with Crippen LogP contribution in [0.25, 0.3) is 0 Å². The summed E-state index contributed by atoms with van der Waals surface area (Å²) in [5, 5.41) is 3.02. The molecule has 2 amide bonds. The van der Waals surface area contributed by atoms with Gasteiger partial charge in [-0.15, -0.1) is 0 Å². The maximum absolute atomic E-state index is 12.8. The predicted molar refractivity (Wildman–Crippen MR) is 91.9 cm³/mol. The molecule has 24 heavy (non-hydrogen) atoms. The van der Waals surface area contributed by atoms with Crippen molar-refractivity contribution in [2.45, 2.75) is 44.6 Å². The molecular weight excluding hydrogens is 304 g/mol. The van der Waals surface area contributed by atoms with E-state index in [0.717, 1.165) is 31.6 Å². The molecule has 2 aliphatic rings. The summed E-state index contributed by atoms with van der Waals surface area (Å²) in [5.41, 5.74) is 1.21. The lowest BCUT2D eigenvalue weighted by Crippen LogP contribution is -2.50. The van der Waals surface area contributed by atoms with Crippen LogP contribution in [0.5, 0.6) is 5.75 Å². The number of hydrogen-bond acceptors (Lipinski definition) is 3. The van der Waals surface area contributed by atoms with E-state index in [1.54, 1.807) is 7.11 Å². The minimum absolute atomic E-state index is 0.0665. The molecule has 3 rings (SSSR count). The molecular formula is C19H26N2O3. The maximum Gasteiger partial charge on any atom is 0.226 e. The quantitative estimate of drug-likeness (QED) is 0.901. The first kappa shape index (κ1) is 16.8. The number of nitrogens with one attached hydrogen (secondary N) is 1. The van der Waals surface area contributed by atoms with Crippen molar-refractivity contribution in [3.05, 3.63) is 29.8 Å². The van der Waals surface area contributed by atoms with Crippen molar-refractivity contribution in [3.8, 4) is 5.75 Å². The summed E-state index contributed by atoms with van der Waals surface area (Å²) >= 11 is 0. The van der Waals surface area contributed by atoms with Crippen LogP contribution in [-0.4, -0.2) is 43.0 Å². The fourth-order valence-corrected chi connectivity index (χ4v) is 3.55. The number of hydrogen-bond donors (Lipinski definition) is 1. The van der Waals surface area contributed by atoms with E-state index in [9.17, 15) is 9.59 Å². The average Bonchev–Trinajstić information content (AvgIpc) is 3.42. The molecule has 0 aromatic heterocycles. The van der Waals surface area contributed by atoms with Crippen LogP contribution in [0, 0.1) is 5.92 Å². The summed E-state index contributed by atoms with van der Waals surface area (Å²) < 4.78 is 5.18. The Bertz CT molecular complexity index is 599. The number of amides is 2. The van der Waals surface area contributed by atoms with Crippen molar-refractivity contribution in [1.29, 1.82) is 0 Å². The minimum atomic E-state index is 0.0665. The molecule has 0 bridgehead atoms. The van der Waals surface area contributed by atoms with Gasteiger partial charge in [-0.2, -0.15) is 0 Å². The monoisotopic (exact) mass is 330 g/mol. The second-order valence-corrected chi connectivity index (χ2v) is 6.77. The zero-order valence-corrected chi connectivity index (χ0v) is 14.5. The van der Waals surface area contributed by atoms with Gasteiger partial charge in [0.1, 0.15) is 5.75 Å². The number of ether oxygens (including phenoxy) is 1. The molecule has 5 heteroatoms. The summed E-state index contributed by atoms with van der Waals surface area (Å²) in [5.74, 6) is 1.57. The van der Waals surface area contributed by atoms with Gasteiger partial charge in [0.2, 0.25) is 11.8 Å². The highest BCUT2D eigenvalue weighted by atomic mass is 16.5. The van der Waals surface area contributed by atoms with Gasteiger partial charge in [0.05, 0.1) is 7.11 Å². The molecule has 1 aromatic rings. The molecule has 1 saturated heterocycles. The van der Waals surface area contributed by atoms with Gasteiger partial charge in [0, 0.05) is 31.5 Å². The van der Waals surface area contributed by atoms with E-state index in [4.69, 9.17) is 4.74 Å². The zero-order chi connectivity index (χ0) is 17.1. The van der Waals surface area contributed by atoms with Gasteiger partial charge in [0.15, 0.2) is 0 Å². The summed E-state index contributed by atoms with van der Waals surface area (Å²) in [6, 6.07) is 8.11. The summed E-state index contributed by atoms with van der Waals surface area (Å²) in [4.78, 5) is 26.3. The lowest BCUT2D eigenvalue weighted by atomic mass is 10.0. The van der Waals surface area contributed by atoms with Gasteiger partial charge < -0.3 is 15.0 Å². The van der Waals surface area contributed by atoms with E-state index in [0.29, 0.717) is 18.9 Å². The van der Waals surface area contributed by atoms with E-state index in [2.05, 4.69) is 17.4 Å². The summed E-state index contributed by atoms with van der Waals surface area (Å²) in [7, 11) is 1.66. The molecule has 1 saturated carbocycles. The summed E-state index contributed by atoms with van der Waals surface area (Å²) in [6.45, 7) is 3.31. The van der Waals surface area contributed by atoms with Gasteiger partial charge in [0.25, 0.3) is 0 Å². The predicted octanol–water partition coefficient (Wildman–Crippen LogP) is 2.32. The third kappa shape index (κ3) is 3.71. The van der Waals surface area contributed by atoms with Crippen LogP contribution in [-0.2, 0) is 9.59 Å². The summed E-state index contributed by atoms with van der Waals surface area (Å²) in [6.07, 6.45) is 3.34. The number of carbonyl (C=O) groups excluding carboxylic acids is 2. The third-order valence-corrected chi connectivity index (χ3v) is 5.07. The van der Waals surface area contributed by atoms with E-state index < -0.39 is 0 Å². The van der Waals surface area contributed by atoms with Gasteiger partial charge in [-0.1, -0.05) is 19.1 Å². The van der Waals surface area contributed by atoms with Crippen LogP contribution in [0.4, 0.5) is 0 Å². The smallest absolute Gasteiger partial charge is 0.226 e. The molecule has 0 spiro atoms. The molecule has 1 aliphatic heterocycles. The van der Waals surface area contributed by atoms with Gasteiger partial charge >= 0.3 is 0 Å². The number of piperidine rings is 1. The van der Waals surface area contributed by atoms with Crippen molar-refractivity contribution in [1.82, 2.24) is 10.2 Å². The highest BCUT2D eigenvalue weighted by molar-refractivity contribution is 5.83. The van der Waals surface area contributed by atoms with Crippen molar-refractivity contribution in [3.63, 3.8) is 0 Å². The molecule has 5 nitrogen and oxygen atoms in total. The van der Waals surface area contributed by atoms with E-state index in [1.165, 1.54) is 5.56 Å². The Hall–Kier alpha value is -2.04. The van der Waals surface area contributed by atoms with Crippen molar-refractivity contribution in [2.75, 3.05) is 20.2 Å². The SMILES string of the molecule is CCC(=O)N[C@@H]1CCCN(C(=O)[C@@H]2C[C@H]2c2ccc(OC)cc2)C1. The molecule has 130 valence electrons. The Morgan fingerprint density at radius 2 is 2.04 bits per heavy atom. The fourth-order valence-electron chi connectivity index (χ4n) is 3.55. The van der Waals surface area contributed by atoms with Crippen LogP contribution in [0.15, 0.2) is 24.3 Å². The first-order chi connectivity index (χ1) is 11.6. The number of rotatable bonds is 5. The topological polar surface area (TPSA) is 58.6 Å². The molecule has 2 fully saturated rings. The van der Waals surface area contributed by atoms with Crippen LogP contribution in [0.2, 0.25) is 0 Å². The maximum atomic E-state index is 12.8. The highest BCUT2D eigenvalue weighted by Crippen LogP contribution is 2.48. The van der Waals surface area contributed by atoms with Crippen LogP contribution in [0.3, 0.4) is 0 Å². The molecule has 1 aliphatic carbocycles. The molecule has 3 atom stereocenters. The Morgan fingerprint density at radius 1 is 1.29 bits per heavy atom. The van der Waals surface area contributed by atoms with Crippen LogP contribution in [0.1, 0.15) is 44.1 Å². The number of carbonyl (C=O) groups is 2. The molecule has 1 N–H and O–H groups in total. The Balaban J connectivity index is 1.56. The molecule has 1 aromatic carbocycles. The van der Waals surface area contributed by atoms with E-state index in [1.807, 2.05) is 24.0 Å². The molecule has 0 unspecified atom stereocenters. The van der Waals surface area contributed by atoms with Crippen LogP contribution >= 0.6 is 0 Å². The van der Waals surface area contributed by atoms with Crippen LogP contribution < -0.4 is 10.1 Å². The van der Waals surface area contributed by atoms with Gasteiger partial charge in [-0.25, -0.2) is 0 Å². The van der Waals surface area contributed by atoms with Gasteiger partial charge in [-0.05, 0) is 42.9 Å². The molecule has 1 heterocycles. The van der Waals surface area contributed by atoms with E-state index in [-0.39, 0.29) is 23.8 Å². The minimum Gasteiger partial charge on any atom is -0.497 e. The van der Waals surface area contributed by atoms with Crippen molar-refractivity contribution >= 4 is 11.8 Å². The number of likely N-dealkylation sites (tertiary alicyclic amines) is 1. The Kier molecular flexibility index (Phi) is 5.07. The zero-order valence-electron chi connectivity index (χ0n) is 14.5. The number of nitrogens with zero attached hydrogens (tertiary/aromatic N) is 1. The van der Waals surface area contributed by atoms with E-state index >= 15 is 0 Å².